The average Bonchev–Trinajstić information content (AvgIpc) is 3.53. The lowest BCUT2D eigenvalue weighted by atomic mass is 10.1. The summed E-state index contributed by atoms with van der Waals surface area (Å²) in [5, 5.41) is 2.97. The fraction of sp³-hybridized carbons (Fsp3) is 0.250. The number of nitrogens with zero attached hydrogens (tertiary/aromatic N) is 6. The summed E-state index contributed by atoms with van der Waals surface area (Å²) in [6.07, 6.45) is 3.86. The zero-order valence-electron chi connectivity index (χ0n) is 16.1. The molecule has 29 heavy (non-hydrogen) atoms. The molecule has 146 valence electrons. The Kier molecular flexibility index (Phi) is 4.01. The molecule has 9 heteroatoms. The van der Waals surface area contributed by atoms with Gasteiger partial charge in [0.05, 0.1) is 7.11 Å². The molecule has 1 saturated carbocycles. The predicted octanol–water partition coefficient (Wildman–Crippen LogP) is 2.92. The number of aromatic nitrogens is 6. The summed E-state index contributed by atoms with van der Waals surface area (Å²) in [6, 6.07) is 9.86. The van der Waals surface area contributed by atoms with E-state index in [2.05, 4.69) is 29.8 Å². The van der Waals surface area contributed by atoms with Crippen molar-refractivity contribution in [3.05, 3.63) is 36.5 Å². The van der Waals surface area contributed by atoms with Crippen LogP contribution in [0.4, 0.5) is 11.9 Å². The summed E-state index contributed by atoms with van der Waals surface area (Å²) >= 11 is 0. The number of nitrogens with two attached hydrogens (primary N) is 1. The second-order valence-corrected chi connectivity index (χ2v) is 6.89. The van der Waals surface area contributed by atoms with E-state index in [-0.39, 0.29) is 5.95 Å². The molecule has 1 aromatic carbocycles. The van der Waals surface area contributed by atoms with Gasteiger partial charge in [-0.3, -0.25) is 0 Å². The van der Waals surface area contributed by atoms with Crippen LogP contribution in [-0.4, -0.2) is 43.6 Å². The summed E-state index contributed by atoms with van der Waals surface area (Å²) in [4.78, 5) is 22.7. The van der Waals surface area contributed by atoms with E-state index < -0.39 is 0 Å². The molecule has 3 N–H and O–H groups in total. The fourth-order valence-electron chi connectivity index (χ4n) is 3.43. The van der Waals surface area contributed by atoms with Gasteiger partial charge < -0.3 is 20.4 Å². The third-order valence-corrected chi connectivity index (χ3v) is 4.92. The number of benzene rings is 1. The molecule has 9 nitrogen and oxygen atoms in total. The lowest BCUT2D eigenvalue weighted by molar-refractivity contribution is 0.415. The molecule has 1 aliphatic rings. The highest BCUT2D eigenvalue weighted by Crippen LogP contribution is 2.42. The van der Waals surface area contributed by atoms with Crippen LogP contribution in [0.2, 0.25) is 0 Å². The molecule has 1 aliphatic carbocycles. The van der Waals surface area contributed by atoms with Crippen LogP contribution in [0.25, 0.3) is 33.9 Å². The van der Waals surface area contributed by atoms with Gasteiger partial charge in [0, 0.05) is 24.8 Å². The molecule has 0 saturated heterocycles. The quantitative estimate of drug-likeness (QED) is 0.536. The summed E-state index contributed by atoms with van der Waals surface area (Å²) < 4.78 is 7.49. The maximum Gasteiger partial charge on any atom is 0.223 e. The largest absolute Gasteiger partial charge is 0.497 e. The molecule has 4 aromatic rings. The zero-order chi connectivity index (χ0) is 20.0. The SMILES string of the molecule is CNc1nccc(-c2nc3c(-c4cccc(OC)c4)nc(N)nc3n2C2CC2)n1. The third-order valence-electron chi connectivity index (χ3n) is 4.92. The molecule has 0 radical (unpaired) electrons. The number of fused-ring (bicyclic) bond motifs is 1. The van der Waals surface area contributed by atoms with Crippen molar-refractivity contribution in [1.29, 1.82) is 0 Å². The molecule has 0 bridgehead atoms. The second-order valence-electron chi connectivity index (χ2n) is 6.89. The van der Waals surface area contributed by atoms with E-state index in [9.17, 15) is 0 Å². The Labute approximate surface area is 167 Å². The van der Waals surface area contributed by atoms with Crippen molar-refractivity contribution in [3.63, 3.8) is 0 Å². The van der Waals surface area contributed by atoms with Gasteiger partial charge in [-0.15, -0.1) is 0 Å². The van der Waals surface area contributed by atoms with Gasteiger partial charge in [-0.1, -0.05) is 12.1 Å². The van der Waals surface area contributed by atoms with E-state index in [1.54, 1.807) is 20.4 Å². The minimum absolute atomic E-state index is 0.210. The Bertz CT molecular complexity index is 1210. The van der Waals surface area contributed by atoms with E-state index >= 15 is 0 Å². The van der Waals surface area contributed by atoms with Crippen molar-refractivity contribution in [2.75, 3.05) is 25.2 Å². The number of ether oxygens (including phenoxy) is 1. The van der Waals surface area contributed by atoms with Gasteiger partial charge in [0.2, 0.25) is 11.9 Å². The molecule has 0 atom stereocenters. The number of hydrogen-bond donors (Lipinski definition) is 2. The minimum atomic E-state index is 0.210. The van der Waals surface area contributed by atoms with Crippen molar-refractivity contribution in [2.45, 2.75) is 18.9 Å². The Morgan fingerprint density at radius 3 is 2.76 bits per heavy atom. The van der Waals surface area contributed by atoms with Crippen LogP contribution in [0.15, 0.2) is 36.5 Å². The van der Waals surface area contributed by atoms with E-state index in [4.69, 9.17) is 15.5 Å². The van der Waals surface area contributed by atoms with E-state index in [1.807, 2.05) is 30.3 Å². The van der Waals surface area contributed by atoms with Gasteiger partial charge in [0.1, 0.15) is 22.7 Å². The lowest BCUT2D eigenvalue weighted by Gasteiger charge is -2.08. The van der Waals surface area contributed by atoms with Crippen LogP contribution in [0.3, 0.4) is 0 Å². The lowest BCUT2D eigenvalue weighted by Crippen LogP contribution is -2.04. The summed E-state index contributed by atoms with van der Waals surface area (Å²) in [6.45, 7) is 0. The molecule has 0 amide bonds. The topological polar surface area (TPSA) is 117 Å². The molecule has 5 rings (SSSR count). The first-order valence-electron chi connectivity index (χ1n) is 9.39. The number of methoxy groups -OCH3 is 1. The molecule has 1 fully saturated rings. The van der Waals surface area contributed by atoms with Crippen molar-refractivity contribution in [3.8, 4) is 28.5 Å². The summed E-state index contributed by atoms with van der Waals surface area (Å²) in [7, 11) is 3.42. The number of imidazole rings is 1. The number of nitrogens with one attached hydrogen (secondary N) is 1. The molecule has 0 unspecified atom stereocenters. The summed E-state index contributed by atoms with van der Waals surface area (Å²) in [5.74, 6) is 2.23. The van der Waals surface area contributed by atoms with Crippen LogP contribution < -0.4 is 15.8 Å². The van der Waals surface area contributed by atoms with Crippen molar-refractivity contribution in [2.24, 2.45) is 0 Å². The van der Waals surface area contributed by atoms with Crippen LogP contribution in [0.1, 0.15) is 18.9 Å². The van der Waals surface area contributed by atoms with Crippen molar-refractivity contribution < 1.29 is 4.74 Å². The van der Waals surface area contributed by atoms with Gasteiger partial charge in [0.25, 0.3) is 0 Å². The zero-order valence-corrected chi connectivity index (χ0v) is 16.1. The van der Waals surface area contributed by atoms with Crippen LogP contribution in [0, 0.1) is 0 Å². The Balaban J connectivity index is 1.78. The Morgan fingerprint density at radius 1 is 1.14 bits per heavy atom. The Morgan fingerprint density at radius 2 is 2.00 bits per heavy atom. The highest BCUT2D eigenvalue weighted by Gasteiger charge is 2.31. The normalized spacial score (nSPS) is 13.6. The first-order chi connectivity index (χ1) is 14.2. The van der Waals surface area contributed by atoms with Crippen LogP contribution in [0.5, 0.6) is 5.75 Å². The predicted molar refractivity (Wildman–Crippen MR) is 111 cm³/mol. The number of rotatable bonds is 5. The average molecular weight is 388 g/mol. The van der Waals surface area contributed by atoms with E-state index in [0.717, 1.165) is 41.3 Å². The highest BCUT2D eigenvalue weighted by atomic mass is 16.5. The number of anilines is 2. The molecule has 0 aliphatic heterocycles. The van der Waals surface area contributed by atoms with Gasteiger partial charge >= 0.3 is 0 Å². The van der Waals surface area contributed by atoms with Crippen LogP contribution >= 0.6 is 0 Å². The molecule has 3 heterocycles. The second kappa shape index (κ2) is 6.69. The number of nitrogen functional groups attached to an aromatic ring is 1. The van der Waals surface area contributed by atoms with Gasteiger partial charge in [-0.2, -0.15) is 4.98 Å². The van der Waals surface area contributed by atoms with Gasteiger partial charge in [-0.25, -0.2) is 19.9 Å². The maximum absolute atomic E-state index is 6.09. The standard InChI is InChI=1S/C20H20N8O/c1-22-20-23-9-8-14(24-20)17-25-16-15(11-4-3-5-13(10-11)29-2)26-19(21)27-18(16)28(17)12-6-7-12/h3-5,8-10,12H,6-7H2,1-2H3,(H2,21,26,27)(H,22,23,24). The first-order valence-corrected chi connectivity index (χ1v) is 9.39. The first kappa shape index (κ1) is 17.4. The van der Waals surface area contributed by atoms with Gasteiger partial charge in [0.15, 0.2) is 11.5 Å². The number of hydrogen-bond acceptors (Lipinski definition) is 8. The molecule has 3 aromatic heterocycles. The maximum atomic E-state index is 6.09. The van der Waals surface area contributed by atoms with Crippen molar-refractivity contribution in [1.82, 2.24) is 29.5 Å². The van der Waals surface area contributed by atoms with Gasteiger partial charge in [-0.05, 0) is 31.0 Å². The molecule has 0 spiro atoms. The fourth-order valence-corrected chi connectivity index (χ4v) is 3.43. The monoisotopic (exact) mass is 388 g/mol. The van der Waals surface area contributed by atoms with Crippen LogP contribution in [-0.2, 0) is 0 Å². The van der Waals surface area contributed by atoms with Crippen molar-refractivity contribution >= 4 is 23.1 Å². The molecular weight excluding hydrogens is 368 g/mol. The minimum Gasteiger partial charge on any atom is -0.497 e. The highest BCUT2D eigenvalue weighted by molar-refractivity contribution is 5.91. The van der Waals surface area contributed by atoms with E-state index in [0.29, 0.717) is 23.2 Å². The molecular formula is C20H20N8O. The van der Waals surface area contributed by atoms with E-state index in [1.165, 1.54) is 0 Å². The Hall–Kier alpha value is -3.75. The smallest absolute Gasteiger partial charge is 0.223 e. The summed E-state index contributed by atoms with van der Waals surface area (Å²) in [5.41, 5.74) is 9.77. The third kappa shape index (κ3) is 3.00.